The summed E-state index contributed by atoms with van der Waals surface area (Å²) in [7, 11) is 0. The minimum Gasteiger partial charge on any atom is -0.494 e. The molecule has 2 nitrogen and oxygen atoms in total. The smallest absolute Gasteiger partial charge is 0.119 e. The van der Waals surface area contributed by atoms with Crippen molar-refractivity contribution in [3.05, 3.63) is 24.3 Å². The van der Waals surface area contributed by atoms with Crippen molar-refractivity contribution < 1.29 is 8.62 Å². The van der Waals surface area contributed by atoms with Crippen molar-refractivity contribution in [2.24, 2.45) is 5.92 Å². The van der Waals surface area contributed by atoms with Gasteiger partial charge < -0.3 is 9.64 Å². The van der Waals surface area contributed by atoms with E-state index in [2.05, 4.69) is 11.8 Å². The Kier molecular flexibility index (Phi) is 8.10. The molecule has 1 aromatic rings. The summed E-state index contributed by atoms with van der Waals surface area (Å²) < 4.78 is 18.1. The van der Waals surface area contributed by atoms with E-state index in [-0.39, 0.29) is 12.1 Å². The lowest BCUT2D eigenvalue weighted by Gasteiger charge is -2.31. The Bertz CT molecular complexity index is 404. The van der Waals surface area contributed by atoms with Gasteiger partial charge in [0.25, 0.3) is 0 Å². The quantitative estimate of drug-likeness (QED) is 0.569. The number of hydrogen-bond donors (Lipinski definition) is 0. The molecule has 4 heteroatoms. The molecule has 0 saturated carbocycles. The Morgan fingerprint density at radius 1 is 1.18 bits per heavy atom. The summed E-state index contributed by atoms with van der Waals surface area (Å²) in [6.45, 7) is 6.79. The van der Waals surface area contributed by atoms with E-state index in [9.17, 15) is 3.89 Å². The first-order chi connectivity index (χ1) is 10.8. The van der Waals surface area contributed by atoms with Crippen LogP contribution < -0.4 is 4.74 Å². The molecule has 0 spiro atoms. The van der Waals surface area contributed by atoms with Crippen LogP contribution in [-0.2, 0) is 0 Å². The number of likely N-dealkylation sites (tertiary alicyclic amines) is 1. The zero-order valence-corrected chi connectivity index (χ0v) is 14.4. The van der Waals surface area contributed by atoms with Gasteiger partial charge in [0, 0.05) is 4.90 Å². The first-order valence-corrected chi connectivity index (χ1v) is 9.27. The number of ether oxygens (including phenoxy) is 1. The number of hydrogen-bond acceptors (Lipinski definition) is 3. The highest BCUT2D eigenvalue weighted by molar-refractivity contribution is 7.94. The molecular formula is C18H28FNOS. The Labute approximate surface area is 138 Å². The van der Waals surface area contributed by atoms with Crippen molar-refractivity contribution in [2.75, 3.05) is 26.2 Å². The van der Waals surface area contributed by atoms with Crippen LogP contribution in [-0.4, -0.2) is 31.1 Å². The van der Waals surface area contributed by atoms with E-state index in [1.165, 1.54) is 51.7 Å². The normalized spacial score (nSPS) is 16.8. The van der Waals surface area contributed by atoms with Crippen LogP contribution in [0.25, 0.3) is 0 Å². The molecular weight excluding hydrogens is 297 g/mol. The Morgan fingerprint density at radius 2 is 1.91 bits per heavy atom. The van der Waals surface area contributed by atoms with Gasteiger partial charge in [0.1, 0.15) is 5.75 Å². The topological polar surface area (TPSA) is 12.5 Å². The third-order valence-corrected chi connectivity index (χ3v) is 4.94. The molecule has 2 rings (SSSR count). The van der Waals surface area contributed by atoms with Gasteiger partial charge in [0.05, 0.1) is 18.8 Å². The van der Waals surface area contributed by atoms with Crippen LogP contribution in [0.4, 0.5) is 3.89 Å². The number of rotatable bonds is 9. The van der Waals surface area contributed by atoms with Crippen molar-refractivity contribution in [1.29, 1.82) is 0 Å². The molecule has 1 aliphatic rings. The van der Waals surface area contributed by atoms with Gasteiger partial charge in [0.2, 0.25) is 0 Å². The monoisotopic (exact) mass is 325 g/mol. The van der Waals surface area contributed by atoms with E-state index in [1.54, 1.807) is 12.1 Å². The molecule has 0 N–H and O–H groups in total. The average Bonchev–Trinajstić information content (AvgIpc) is 2.57. The van der Waals surface area contributed by atoms with Crippen LogP contribution in [0.2, 0.25) is 0 Å². The molecule has 1 aliphatic heterocycles. The second kappa shape index (κ2) is 10.1. The molecule has 1 fully saturated rings. The molecule has 1 heterocycles. The largest absolute Gasteiger partial charge is 0.494 e. The van der Waals surface area contributed by atoms with Gasteiger partial charge in [-0.15, -0.1) is 0 Å². The summed E-state index contributed by atoms with van der Waals surface area (Å²) in [5.41, 5.74) is 0. The second-order valence-electron chi connectivity index (χ2n) is 6.18. The number of unbranched alkanes of at least 4 members (excludes halogenated alkanes) is 2. The van der Waals surface area contributed by atoms with Crippen LogP contribution in [0.3, 0.4) is 0 Å². The van der Waals surface area contributed by atoms with Crippen molar-refractivity contribution in [1.82, 2.24) is 4.90 Å². The first kappa shape index (κ1) is 17.6. The maximum atomic E-state index is 12.4. The zero-order chi connectivity index (χ0) is 15.6. The third-order valence-electron chi connectivity index (χ3n) is 4.49. The van der Waals surface area contributed by atoms with Crippen molar-refractivity contribution in [2.45, 2.75) is 50.3 Å². The highest BCUT2D eigenvalue weighted by Crippen LogP contribution is 2.24. The lowest BCUT2D eigenvalue weighted by Crippen LogP contribution is -2.34. The van der Waals surface area contributed by atoms with Gasteiger partial charge >= 0.3 is 0 Å². The van der Waals surface area contributed by atoms with Crippen LogP contribution in [0.15, 0.2) is 29.2 Å². The summed E-state index contributed by atoms with van der Waals surface area (Å²) in [6.07, 6.45) is 7.73. The van der Waals surface area contributed by atoms with Gasteiger partial charge in [-0.25, -0.2) is 0 Å². The lowest BCUT2D eigenvalue weighted by molar-refractivity contribution is 0.161. The number of benzene rings is 1. The molecule has 0 aromatic heterocycles. The fraction of sp³-hybridized carbons (Fsp3) is 0.667. The Balaban J connectivity index is 1.58. The third kappa shape index (κ3) is 6.17. The van der Waals surface area contributed by atoms with E-state index in [4.69, 9.17) is 4.74 Å². The maximum absolute atomic E-state index is 12.4. The van der Waals surface area contributed by atoms with Crippen LogP contribution in [0, 0.1) is 5.92 Å². The van der Waals surface area contributed by atoms with Crippen LogP contribution in [0.5, 0.6) is 5.75 Å². The van der Waals surface area contributed by atoms with Gasteiger partial charge in [-0.1, -0.05) is 19.8 Å². The predicted molar refractivity (Wildman–Crippen MR) is 92.2 cm³/mol. The van der Waals surface area contributed by atoms with E-state index in [0.717, 1.165) is 24.7 Å². The molecule has 0 atom stereocenters. The van der Waals surface area contributed by atoms with E-state index in [1.807, 2.05) is 12.1 Å². The van der Waals surface area contributed by atoms with Gasteiger partial charge in [0.15, 0.2) is 0 Å². The standard InChI is InChI=1S/C18H28FNOS/c1-2-3-4-12-20-13-9-16(10-14-20)11-15-21-17-5-7-18(22-19)8-6-17/h5-8,16H,2-4,9-15H2,1H3. The summed E-state index contributed by atoms with van der Waals surface area (Å²) in [5, 5.41) is 0. The summed E-state index contributed by atoms with van der Waals surface area (Å²) in [6, 6.07) is 7.21. The molecule has 0 radical (unpaired) electrons. The van der Waals surface area contributed by atoms with E-state index < -0.39 is 0 Å². The Hall–Kier alpha value is -0.740. The van der Waals surface area contributed by atoms with Gasteiger partial charge in [-0.3, -0.25) is 0 Å². The summed E-state index contributed by atoms with van der Waals surface area (Å²) >= 11 is 0.271. The summed E-state index contributed by atoms with van der Waals surface area (Å²) in [4.78, 5) is 3.24. The van der Waals surface area contributed by atoms with E-state index in [0.29, 0.717) is 4.90 Å². The van der Waals surface area contributed by atoms with Crippen molar-refractivity contribution >= 4 is 12.1 Å². The lowest BCUT2D eigenvalue weighted by atomic mass is 9.94. The fourth-order valence-electron chi connectivity index (χ4n) is 3.01. The highest BCUT2D eigenvalue weighted by Gasteiger charge is 2.18. The Morgan fingerprint density at radius 3 is 2.55 bits per heavy atom. The predicted octanol–water partition coefficient (Wildman–Crippen LogP) is 5.33. The summed E-state index contributed by atoms with van der Waals surface area (Å²) in [5.74, 6) is 1.64. The molecule has 1 aromatic carbocycles. The minimum absolute atomic E-state index is 0.271. The minimum atomic E-state index is 0.271. The molecule has 124 valence electrons. The molecule has 0 aliphatic carbocycles. The molecule has 0 unspecified atom stereocenters. The van der Waals surface area contributed by atoms with Crippen molar-refractivity contribution in [3.63, 3.8) is 0 Å². The number of nitrogens with zero attached hydrogens (tertiary/aromatic N) is 1. The molecule has 22 heavy (non-hydrogen) atoms. The van der Waals surface area contributed by atoms with Crippen molar-refractivity contribution in [3.8, 4) is 5.75 Å². The molecule has 0 bridgehead atoms. The number of piperidine rings is 1. The zero-order valence-electron chi connectivity index (χ0n) is 13.6. The van der Waals surface area contributed by atoms with Crippen LogP contribution >= 0.6 is 12.1 Å². The second-order valence-corrected chi connectivity index (χ2v) is 6.80. The first-order valence-electron chi connectivity index (χ1n) is 8.55. The molecule has 0 amide bonds. The highest BCUT2D eigenvalue weighted by atomic mass is 32.2. The molecule has 1 saturated heterocycles. The van der Waals surface area contributed by atoms with Gasteiger partial charge in [-0.2, -0.15) is 3.89 Å². The maximum Gasteiger partial charge on any atom is 0.119 e. The SMILES string of the molecule is CCCCCN1CCC(CCOc2ccc(SF)cc2)CC1. The van der Waals surface area contributed by atoms with E-state index >= 15 is 0 Å². The van der Waals surface area contributed by atoms with Gasteiger partial charge in [-0.05, 0) is 75.5 Å². The van der Waals surface area contributed by atoms with Crippen LogP contribution in [0.1, 0.15) is 45.4 Å². The fourth-order valence-corrected chi connectivity index (χ4v) is 3.25. The average molecular weight is 325 g/mol. The number of halogens is 1.